The number of amides is 1. The van der Waals surface area contributed by atoms with Gasteiger partial charge in [-0.15, -0.1) is 0 Å². The summed E-state index contributed by atoms with van der Waals surface area (Å²) in [5.74, 6) is 0.00172. The molecule has 0 fully saturated rings. The van der Waals surface area contributed by atoms with E-state index in [0.29, 0.717) is 6.42 Å². The molecule has 4 heteroatoms. The Morgan fingerprint density at radius 3 is 2.72 bits per heavy atom. The number of carbonyl (C=O) groups is 1. The van der Waals surface area contributed by atoms with E-state index in [9.17, 15) is 4.79 Å². The van der Waals surface area contributed by atoms with Crippen molar-refractivity contribution in [1.82, 2.24) is 9.78 Å². The quantitative estimate of drug-likeness (QED) is 0.897. The van der Waals surface area contributed by atoms with Gasteiger partial charge in [-0.05, 0) is 32.0 Å². The highest BCUT2D eigenvalue weighted by molar-refractivity contribution is 5.90. The summed E-state index contributed by atoms with van der Waals surface area (Å²) in [6.07, 6.45) is 3.99. The maximum absolute atomic E-state index is 11.9. The molecule has 0 radical (unpaired) electrons. The Bertz CT molecular complexity index is 502. The van der Waals surface area contributed by atoms with Crippen LogP contribution < -0.4 is 5.32 Å². The van der Waals surface area contributed by atoms with Crippen molar-refractivity contribution in [3.8, 4) is 0 Å². The summed E-state index contributed by atoms with van der Waals surface area (Å²) in [5, 5.41) is 7.01. The summed E-state index contributed by atoms with van der Waals surface area (Å²) in [4.78, 5) is 11.9. The van der Waals surface area contributed by atoms with E-state index >= 15 is 0 Å². The minimum absolute atomic E-state index is 0.00172. The van der Waals surface area contributed by atoms with Crippen LogP contribution in [0.4, 0.5) is 5.69 Å². The second kappa shape index (κ2) is 5.49. The molecule has 0 saturated carbocycles. The van der Waals surface area contributed by atoms with E-state index < -0.39 is 0 Å². The topological polar surface area (TPSA) is 46.9 Å². The lowest BCUT2D eigenvalue weighted by molar-refractivity contribution is -0.116. The number of hydrogen-bond acceptors (Lipinski definition) is 2. The summed E-state index contributed by atoms with van der Waals surface area (Å²) < 4.78 is 1.79. The molecule has 0 bridgehead atoms. The molecule has 1 amide bonds. The van der Waals surface area contributed by atoms with Crippen LogP contribution in [0, 0.1) is 6.92 Å². The second-order valence-corrected chi connectivity index (χ2v) is 4.45. The van der Waals surface area contributed by atoms with E-state index in [4.69, 9.17) is 0 Å². The molecular weight excluding hydrogens is 226 g/mol. The van der Waals surface area contributed by atoms with Crippen molar-refractivity contribution >= 4 is 11.6 Å². The largest absolute Gasteiger partial charge is 0.326 e. The van der Waals surface area contributed by atoms with Gasteiger partial charge in [0.2, 0.25) is 5.91 Å². The zero-order valence-electron chi connectivity index (χ0n) is 10.6. The fourth-order valence-corrected chi connectivity index (χ4v) is 1.75. The van der Waals surface area contributed by atoms with Gasteiger partial charge in [0.1, 0.15) is 0 Å². The molecule has 1 aromatic heterocycles. The first-order valence-electron chi connectivity index (χ1n) is 6.01. The van der Waals surface area contributed by atoms with Crippen molar-refractivity contribution in [2.24, 2.45) is 0 Å². The monoisotopic (exact) mass is 243 g/mol. The van der Waals surface area contributed by atoms with E-state index in [1.807, 2.05) is 50.4 Å². The predicted octanol–water partition coefficient (Wildman–Crippen LogP) is 2.78. The van der Waals surface area contributed by atoms with Crippen LogP contribution in [-0.4, -0.2) is 15.7 Å². The van der Waals surface area contributed by atoms with Crippen molar-refractivity contribution < 1.29 is 4.79 Å². The van der Waals surface area contributed by atoms with Gasteiger partial charge in [0.25, 0.3) is 0 Å². The van der Waals surface area contributed by atoms with Gasteiger partial charge in [0.15, 0.2) is 0 Å². The zero-order valence-corrected chi connectivity index (χ0v) is 10.6. The molecule has 0 saturated heterocycles. The lowest BCUT2D eigenvalue weighted by Gasteiger charge is -2.12. The molecule has 4 nitrogen and oxygen atoms in total. The lowest BCUT2D eigenvalue weighted by Crippen LogP contribution is -2.17. The van der Waals surface area contributed by atoms with Gasteiger partial charge in [0.05, 0.1) is 6.04 Å². The first-order chi connectivity index (χ1) is 8.65. The number of benzene rings is 1. The summed E-state index contributed by atoms with van der Waals surface area (Å²) in [6, 6.07) is 9.69. The number of carbonyl (C=O) groups excluding carboxylic acids is 1. The molecule has 18 heavy (non-hydrogen) atoms. The minimum atomic E-state index is 0.00172. The molecule has 2 aromatic rings. The van der Waals surface area contributed by atoms with Crippen molar-refractivity contribution in [1.29, 1.82) is 0 Å². The van der Waals surface area contributed by atoms with Crippen LogP contribution in [0.25, 0.3) is 0 Å². The number of rotatable bonds is 4. The molecule has 1 aromatic carbocycles. The number of aromatic nitrogens is 2. The molecule has 1 heterocycles. The van der Waals surface area contributed by atoms with Gasteiger partial charge in [-0.2, -0.15) is 5.10 Å². The van der Waals surface area contributed by atoms with Crippen molar-refractivity contribution in [2.45, 2.75) is 26.3 Å². The maximum atomic E-state index is 11.9. The van der Waals surface area contributed by atoms with E-state index in [2.05, 4.69) is 10.4 Å². The maximum Gasteiger partial charge on any atom is 0.226 e. The molecular formula is C14H17N3O. The average molecular weight is 243 g/mol. The van der Waals surface area contributed by atoms with Gasteiger partial charge < -0.3 is 5.32 Å². The number of nitrogens with zero attached hydrogens (tertiary/aromatic N) is 2. The lowest BCUT2D eigenvalue weighted by atomic mass is 10.2. The fourth-order valence-electron chi connectivity index (χ4n) is 1.75. The highest BCUT2D eigenvalue weighted by Gasteiger charge is 2.10. The summed E-state index contributed by atoms with van der Waals surface area (Å²) >= 11 is 0. The van der Waals surface area contributed by atoms with Crippen LogP contribution in [0.5, 0.6) is 0 Å². The van der Waals surface area contributed by atoms with Gasteiger partial charge in [-0.1, -0.05) is 17.7 Å². The number of anilines is 1. The molecule has 0 aliphatic rings. The zero-order chi connectivity index (χ0) is 13.0. The molecule has 94 valence electrons. The predicted molar refractivity (Wildman–Crippen MR) is 71.4 cm³/mol. The summed E-state index contributed by atoms with van der Waals surface area (Å²) in [7, 11) is 0. The first kappa shape index (κ1) is 12.4. The Hall–Kier alpha value is -2.10. The Morgan fingerprint density at radius 1 is 1.39 bits per heavy atom. The Balaban J connectivity index is 1.91. The molecule has 0 spiro atoms. The van der Waals surface area contributed by atoms with E-state index in [-0.39, 0.29) is 11.9 Å². The third-order valence-corrected chi connectivity index (χ3v) is 2.79. The van der Waals surface area contributed by atoms with Crippen molar-refractivity contribution in [2.75, 3.05) is 5.32 Å². The standard InChI is InChI=1S/C14H17N3O/c1-11-4-6-13(7-5-11)16-14(18)10-12(2)17-9-3-8-15-17/h3-9,12H,10H2,1-2H3,(H,16,18)/t12-/m1/s1. The van der Waals surface area contributed by atoms with Crippen LogP contribution in [0.1, 0.15) is 24.9 Å². The normalized spacial score (nSPS) is 12.1. The summed E-state index contributed by atoms with van der Waals surface area (Å²) in [5.41, 5.74) is 2.01. The SMILES string of the molecule is Cc1ccc(NC(=O)C[C@@H](C)n2cccn2)cc1. The summed E-state index contributed by atoms with van der Waals surface area (Å²) in [6.45, 7) is 3.99. The molecule has 1 atom stereocenters. The smallest absolute Gasteiger partial charge is 0.226 e. The Morgan fingerprint density at radius 2 is 2.11 bits per heavy atom. The molecule has 1 N–H and O–H groups in total. The van der Waals surface area contributed by atoms with E-state index in [0.717, 1.165) is 5.69 Å². The fraction of sp³-hybridized carbons (Fsp3) is 0.286. The van der Waals surface area contributed by atoms with Crippen molar-refractivity contribution in [3.63, 3.8) is 0 Å². The van der Waals surface area contributed by atoms with Gasteiger partial charge in [0, 0.05) is 24.5 Å². The van der Waals surface area contributed by atoms with Crippen molar-refractivity contribution in [3.05, 3.63) is 48.3 Å². The van der Waals surface area contributed by atoms with Crippen LogP contribution in [0.3, 0.4) is 0 Å². The first-order valence-corrected chi connectivity index (χ1v) is 6.01. The highest BCUT2D eigenvalue weighted by Crippen LogP contribution is 2.12. The third-order valence-electron chi connectivity index (χ3n) is 2.79. The third kappa shape index (κ3) is 3.20. The van der Waals surface area contributed by atoms with Crippen LogP contribution >= 0.6 is 0 Å². The number of aryl methyl sites for hydroxylation is 1. The van der Waals surface area contributed by atoms with Crippen LogP contribution in [-0.2, 0) is 4.79 Å². The second-order valence-electron chi connectivity index (χ2n) is 4.45. The Labute approximate surface area is 107 Å². The van der Waals surface area contributed by atoms with Crippen LogP contribution in [0.15, 0.2) is 42.7 Å². The highest BCUT2D eigenvalue weighted by atomic mass is 16.1. The van der Waals surface area contributed by atoms with Crippen LogP contribution in [0.2, 0.25) is 0 Å². The van der Waals surface area contributed by atoms with E-state index in [1.165, 1.54) is 5.56 Å². The molecule has 0 aliphatic carbocycles. The number of nitrogens with one attached hydrogen (secondary N) is 1. The van der Waals surface area contributed by atoms with Gasteiger partial charge >= 0.3 is 0 Å². The van der Waals surface area contributed by atoms with E-state index in [1.54, 1.807) is 10.9 Å². The molecule has 2 rings (SSSR count). The molecule has 0 aliphatic heterocycles. The van der Waals surface area contributed by atoms with Gasteiger partial charge in [-0.3, -0.25) is 9.48 Å². The average Bonchev–Trinajstić information content (AvgIpc) is 2.85. The molecule has 0 unspecified atom stereocenters. The minimum Gasteiger partial charge on any atom is -0.326 e. The van der Waals surface area contributed by atoms with Gasteiger partial charge in [-0.25, -0.2) is 0 Å². The Kier molecular flexibility index (Phi) is 3.77. The number of hydrogen-bond donors (Lipinski definition) is 1.